The van der Waals surface area contributed by atoms with E-state index in [1.807, 2.05) is 24.3 Å². The van der Waals surface area contributed by atoms with Gasteiger partial charge in [-0.2, -0.15) is 0 Å². The van der Waals surface area contributed by atoms with E-state index in [4.69, 9.17) is 32.4 Å². The summed E-state index contributed by atoms with van der Waals surface area (Å²) in [5.74, 6) is 0.750. The van der Waals surface area contributed by atoms with Crippen molar-refractivity contribution in [2.24, 2.45) is 0 Å². The molecule has 1 aromatic heterocycles. The molecule has 0 saturated carbocycles. The number of rotatable bonds is 7. The van der Waals surface area contributed by atoms with Crippen LogP contribution < -0.4 is 10.1 Å². The van der Waals surface area contributed by atoms with Crippen molar-refractivity contribution in [1.29, 1.82) is 0 Å². The second-order valence-corrected chi connectivity index (χ2v) is 6.63. The van der Waals surface area contributed by atoms with E-state index in [-0.39, 0.29) is 19.1 Å². The second-order valence-electron chi connectivity index (χ2n) is 5.78. The number of amides is 1. The molecule has 2 aromatic carbocycles. The zero-order chi connectivity index (χ0) is 19.2. The molecule has 140 valence electrons. The van der Waals surface area contributed by atoms with Crippen molar-refractivity contribution in [3.05, 3.63) is 76.5 Å². The predicted molar refractivity (Wildman–Crippen MR) is 104 cm³/mol. The highest BCUT2D eigenvalue weighted by Crippen LogP contribution is 2.27. The number of nitrogens with one attached hydrogen (secondary N) is 1. The van der Waals surface area contributed by atoms with Gasteiger partial charge < -0.3 is 19.6 Å². The largest absolute Gasteiger partial charge is 0.482 e. The average Bonchev–Trinajstić information content (AvgIpc) is 3.20. The number of hydrogen-bond acceptors (Lipinski definition) is 4. The van der Waals surface area contributed by atoms with E-state index in [1.54, 1.807) is 30.5 Å². The summed E-state index contributed by atoms with van der Waals surface area (Å²) >= 11 is 11.8. The molecule has 1 heterocycles. The summed E-state index contributed by atoms with van der Waals surface area (Å²) in [7, 11) is 0. The van der Waals surface area contributed by atoms with E-state index >= 15 is 0 Å². The Hall–Kier alpha value is -2.47. The van der Waals surface area contributed by atoms with E-state index in [2.05, 4.69) is 5.32 Å². The normalized spacial score (nSPS) is 11.8. The lowest BCUT2D eigenvalue weighted by molar-refractivity contribution is -0.123. The number of carbonyl (C=O) groups excluding carboxylic acids is 1. The van der Waals surface area contributed by atoms with Crippen LogP contribution in [0.5, 0.6) is 5.75 Å². The van der Waals surface area contributed by atoms with Gasteiger partial charge in [0.25, 0.3) is 5.91 Å². The van der Waals surface area contributed by atoms with Crippen LogP contribution in [-0.2, 0) is 4.79 Å². The summed E-state index contributed by atoms with van der Waals surface area (Å²) in [6, 6.07) is 15.7. The van der Waals surface area contributed by atoms with E-state index in [0.29, 0.717) is 21.4 Å². The zero-order valence-corrected chi connectivity index (χ0v) is 15.7. The minimum atomic E-state index is -0.835. The van der Waals surface area contributed by atoms with Gasteiger partial charge in [-0.05, 0) is 35.9 Å². The first-order chi connectivity index (χ1) is 13.0. The molecule has 0 unspecified atom stereocenters. The molecule has 5 nitrogen and oxygen atoms in total. The molecule has 0 saturated heterocycles. The van der Waals surface area contributed by atoms with Gasteiger partial charge in [-0.15, -0.1) is 0 Å². The van der Waals surface area contributed by atoms with E-state index in [9.17, 15) is 9.90 Å². The Balaban J connectivity index is 1.48. The Morgan fingerprint density at radius 1 is 1.15 bits per heavy atom. The van der Waals surface area contributed by atoms with E-state index < -0.39 is 6.10 Å². The summed E-state index contributed by atoms with van der Waals surface area (Å²) in [6.45, 7) is -0.151. The first-order valence-corrected chi connectivity index (χ1v) is 8.95. The molecular formula is C20H17Cl2NO4. The maximum absolute atomic E-state index is 11.9. The van der Waals surface area contributed by atoms with Crippen LogP contribution in [0.15, 0.2) is 65.3 Å². The fourth-order valence-electron chi connectivity index (χ4n) is 2.43. The molecule has 0 aliphatic heterocycles. The molecule has 2 N–H and O–H groups in total. The van der Waals surface area contributed by atoms with E-state index in [0.717, 1.165) is 11.3 Å². The molecule has 1 atom stereocenters. The molecule has 0 spiro atoms. The van der Waals surface area contributed by atoms with Crippen LogP contribution in [0.25, 0.3) is 11.3 Å². The van der Waals surface area contributed by atoms with Gasteiger partial charge in [-0.3, -0.25) is 4.79 Å². The third-order valence-electron chi connectivity index (χ3n) is 3.85. The van der Waals surface area contributed by atoms with Crippen LogP contribution in [0.1, 0.15) is 11.7 Å². The molecule has 3 rings (SSSR count). The SMILES string of the molecule is O=C(COc1ccc(Cl)cc1Cl)NC[C@H](O)c1ccc(-c2ccco2)cc1. The third kappa shape index (κ3) is 5.26. The molecule has 7 heteroatoms. The number of halogens is 2. The van der Waals surface area contributed by atoms with Crippen molar-refractivity contribution >= 4 is 29.1 Å². The Labute approximate surface area is 166 Å². The van der Waals surface area contributed by atoms with Gasteiger partial charge in [-0.1, -0.05) is 47.5 Å². The number of furan rings is 1. The summed E-state index contributed by atoms with van der Waals surface area (Å²) in [4.78, 5) is 11.9. The number of aliphatic hydroxyl groups is 1. The maximum atomic E-state index is 11.9. The second kappa shape index (κ2) is 8.95. The molecule has 0 radical (unpaired) electrons. The minimum Gasteiger partial charge on any atom is -0.482 e. The molecule has 0 aliphatic rings. The molecular weight excluding hydrogens is 389 g/mol. The Kier molecular flexibility index (Phi) is 6.40. The van der Waals surface area contributed by atoms with Crippen molar-refractivity contribution < 1.29 is 19.1 Å². The number of aliphatic hydroxyl groups excluding tert-OH is 1. The summed E-state index contributed by atoms with van der Waals surface area (Å²) in [6.07, 6.45) is 0.770. The monoisotopic (exact) mass is 405 g/mol. The smallest absolute Gasteiger partial charge is 0.258 e. The number of hydrogen-bond donors (Lipinski definition) is 2. The van der Waals surface area contributed by atoms with Crippen LogP contribution in [0, 0.1) is 0 Å². The number of ether oxygens (including phenoxy) is 1. The van der Waals surface area contributed by atoms with Gasteiger partial charge in [0.05, 0.1) is 17.4 Å². The van der Waals surface area contributed by atoms with Gasteiger partial charge in [0.1, 0.15) is 11.5 Å². The van der Waals surface area contributed by atoms with Crippen molar-refractivity contribution in [3.8, 4) is 17.1 Å². The Morgan fingerprint density at radius 2 is 1.93 bits per heavy atom. The van der Waals surface area contributed by atoms with Crippen LogP contribution in [-0.4, -0.2) is 24.2 Å². The lowest BCUT2D eigenvalue weighted by Crippen LogP contribution is -2.32. The number of benzene rings is 2. The highest BCUT2D eigenvalue weighted by Gasteiger charge is 2.11. The predicted octanol–water partition coefficient (Wildman–Crippen LogP) is 4.48. The Morgan fingerprint density at radius 3 is 2.59 bits per heavy atom. The molecule has 0 bridgehead atoms. The molecule has 3 aromatic rings. The summed E-state index contributed by atoms with van der Waals surface area (Å²) in [5.41, 5.74) is 1.60. The van der Waals surface area contributed by atoms with Crippen LogP contribution in [0.3, 0.4) is 0 Å². The lowest BCUT2D eigenvalue weighted by atomic mass is 10.1. The molecule has 1 amide bonds. The van der Waals surface area contributed by atoms with Crippen LogP contribution >= 0.6 is 23.2 Å². The van der Waals surface area contributed by atoms with Crippen molar-refractivity contribution in [2.75, 3.05) is 13.2 Å². The van der Waals surface area contributed by atoms with Crippen molar-refractivity contribution in [2.45, 2.75) is 6.10 Å². The van der Waals surface area contributed by atoms with Crippen molar-refractivity contribution in [1.82, 2.24) is 5.32 Å². The topological polar surface area (TPSA) is 71.7 Å². The molecule has 27 heavy (non-hydrogen) atoms. The molecule has 0 fully saturated rings. The highest BCUT2D eigenvalue weighted by atomic mass is 35.5. The summed E-state index contributed by atoms with van der Waals surface area (Å²) in [5, 5.41) is 13.7. The zero-order valence-electron chi connectivity index (χ0n) is 14.2. The number of carbonyl (C=O) groups is 1. The average molecular weight is 406 g/mol. The highest BCUT2D eigenvalue weighted by molar-refractivity contribution is 6.35. The van der Waals surface area contributed by atoms with Gasteiger partial charge in [0.2, 0.25) is 0 Å². The Bertz CT molecular complexity index is 895. The van der Waals surface area contributed by atoms with Gasteiger partial charge in [0.15, 0.2) is 6.61 Å². The fourth-order valence-corrected chi connectivity index (χ4v) is 2.89. The summed E-state index contributed by atoms with van der Waals surface area (Å²) < 4.78 is 10.7. The first kappa shape index (κ1) is 19.3. The van der Waals surface area contributed by atoms with E-state index in [1.165, 1.54) is 6.07 Å². The first-order valence-electron chi connectivity index (χ1n) is 8.19. The minimum absolute atomic E-state index is 0.0661. The van der Waals surface area contributed by atoms with Crippen molar-refractivity contribution in [3.63, 3.8) is 0 Å². The standard InChI is InChI=1S/C20H17Cl2NO4/c21-15-7-8-19(16(22)10-15)27-12-20(25)23-11-17(24)13-3-5-14(6-4-13)18-2-1-9-26-18/h1-10,17,24H,11-12H2,(H,23,25)/t17-/m0/s1. The molecule has 0 aliphatic carbocycles. The lowest BCUT2D eigenvalue weighted by Gasteiger charge is -2.13. The van der Waals surface area contributed by atoms with Crippen LogP contribution in [0.4, 0.5) is 0 Å². The van der Waals surface area contributed by atoms with Gasteiger partial charge >= 0.3 is 0 Å². The van der Waals surface area contributed by atoms with Gasteiger partial charge in [-0.25, -0.2) is 0 Å². The fraction of sp³-hybridized carbons (Fsp3) is 0.150. The third-order valence-corrected chi connectivity index (χ3v) is 4.38. The quantitative estimate of drug-likeness (QED) is 0.607. The van der Waals surface area contributed by atoms with Crippen LogP contribution in [0.2, 0.25) is 10.0 Å². The van der Waals surface area contributed by atoms with Gasteiger partial charge in [0, 0.05) is 17.1 Å². The maximum Gasteiger partial charge on any atom is 0.258 e.